The van der Waals surface area contributed by atoms with Crippen LogP contribution in [0, 0.1) is 0 Å². The lowest BCUT2D eigenvalue weighted by Gasteiger charge is -2.36. The van der Waals surface area contributed by atoms with Crippen LogP contribution in [0.25, 0.3) is 0 Å². The summed E-state index contributed by atoms with van der Waals surface area (Å²) in [5.41, 5.74) is 1.11. The Kier molecular flexibility index (Phi) is 4.57. The molecule has 0 aliphatic carbocycles. The van der Waals surface area contributed by atoms with Crippen LogP contribution in [0.5, 0.6) is 5.75 Å². The number of halogens is 2. The van der Waals surface area contributed by atoms with Crippen molar-refractivity contribution in [3.63, 3.8) is 0 Å². The topological polar surface area (TPSA) is 77.9 Å². The number of rotatable bonds is 2. The van der Waals surface area contributed by atoms with Crippen molar-refractivity contribution in [3.8, 4) is 5.75 Å². The van der Waals surface area contributed by atoms with Crippen LogP contribution >= 0.6 is 23.2 Å². The number of phenols is 1. The standard InChI is InChI=1S/C16H14Cl2N2O4S/c1-25(23,24)20-7-6-19(13-4-2-3-5-14(13)20)16(22)10-8-11(17)15(21)12(18)9-10/h2-5,8-9,21H,6-7H2,1H3. The van der Waals surface area contributed by atoms with Crippen LogP contribution in [0.2, 0.25) is 10.0 Å². The molecular weight excluding hydrogens is 387 g/mol. The second kappa shape index (κ2) is 6.40. The van der Waals surface area contributed by atoms with Crippen molar-refractivity contribution in [1.29, 1.82) is 0 Å². The molecule has 0 saturated carbocycles. The Balaban J connectivity index is 2.05. The number of phenolic OH excluding ortho intramolecular Hbond substituents is 1. The Hall–Kier alpha value is -1.96. The van der Waals surface area contributed by atoms with Crippen molar-refractivity contribution < 1.29 is 18.3 Å². The number of carbonyl (C=O) groups is 1. The lowest BCUT2D eigenvalue weighted by atomic mass is 10.1. The predicted octanol–water partition coefficient (Wildman–Crippen LogP) is 3.13. The summed E-state index contributed by atoms with van der Waals surface area (Å²) in [6, 6.07) is 9.41. The molecule has 0 fully saturated rings. The fourth-order valence-corrected chi connectivity index (χ4v) is 4.15. The number of benzene rings is 2. The van der Waals surface area contributed by atoms with Crippen molar-refractivity contribution in [1.82, 2.24) is 0 Å². The van der Waals surface area contributed by atoms with Crippen LogP contribution in [0.4, 0.5) is 11.4 Å². The summed E-state index contributed by atoms with van der Waals surface area (Å²) >= 11 is 11.8. The Bertz CT molecular complexity index is 939. The molecule has 6 nitrogen and oxygen atoms in total. The van der Waals surface area contributed by atoms with E-state index in [1.807, 2.05) is 0 Å². The number of amides is 1. The summed E-state index contributed by atoms with van der Waals surface area (Å²) in [5, 5.41) is 9.59. The van der Waals surface area contributed by atoms with Crippen molar-refractivity contribution in [2.24, 2.45) is 0 Å². The van der Waals surface area contributed by atoms with Crippen LogP contribution in [0.1, 0.15) is 10.4 Å². The van der Waals surface area contributed by atoms with E-state index in [2.05, 4.69) is 0 Å². The molecule has 132 valence electrons. The van der Waals surface area contributed by atoms with Gasteiger partial charge in [0.2, 0.25) is 10.0 Å². The molecule has 1 N–H and O–H groups in total. The van der Waals surface area contributed by atoms with Gasteiger partial charge in [0.15, 0.2) is 5.75 Å². The third kappa shape index (κ3) is 3.27. The van der Waals surface area contributed by atoms with Crippen molar-refractivity contribution in [2.45, 2.75) is 0 Å². The van der Waals surface area contributed by atoms with Gasteiger partial charge in [0, 0.05) is 12.1 Å². The van der Waals surface area contributed by atoms with Gasteiger partial charge in [-0.25, -0.2) is 8.42 Å². The van der Waals surface area contributed by atoms with E-state index in [1.165, 1.54) is 21.3 Å². The summed E-state index contributed by atoms with van der Waals surface area (Å²) in [5.74, 6) is -0.674. The average Bonchev–Trinajstić information content (AvgIpc) is 2.56. The molecule has 0 unspecified atom stereocenters. The average molecular weight is 401 g/mol. The first-order valence-corrected chi connectivity index (χ1v) is 9.87. The largest absolute Gasteiger partial charge is 0.505 e. The second-order valence-electron chi connectivity index (χ2n) is 5.57. The molecular formula is C16H14Cl2N2O4S. The summed E-state index contributed by atoms with van der Waals surface area (Å²) < 4.78 is 25.2. The minimum absolute atomic E-state index is 0.0288. The summed E-state index contributed by atoms with van der Waals surface area (Å²) in [6.45, 7) is 0.320. The normalized spacial score (nSPS) is 14.4. The van der Waals surface area contributed by atoms with Gasteiger partial charge in [0.25, 0.3) is 5.91 Å². The molecule has 0 atom stereocenters. The molecule has 1 aliphatic heterocycles. The SMILES string of the molecule is CS(=O)(=O)N1CCN(C(=O)c2cc(Cl)c(O)c(Cl)c2)c2ccccc21. The van der Waals surface area contributed by atoms with E-state index in [9.17, 15) is 18.3 Å². The quantitative estimate of drug-likeness (QED) is 0.839. The third-order valence-corrected chi connectivity index (χ3v) is 5.63. The molecule has 1 aliphatic rings. The molecule has 25 heavy (non-hydrogen) atoms. The third-order valence-electron chi connectivity index (χ3n) is 3.88. The minimum atomic E-state index is -3.45. The van der Waals surface area contributed by atoms with Crippen LogP contribution in [0.15, 0.2) is 36.4 Å². The minimum Gasteiger partial charge on any atom is -0.505 e. The van der Waals surface area contributed by atoms with Crippen LogP contribution < -0.4 is 9.21 Å². The van der Waals surface area contributed by atoms with Gasteiger partial charge in [-0.1, -0.05) is 35.3 Å². The monoisotopic (exact) mass is 400 g/mol. The number of nitrogens with zero attached hydrogens (tertiary/aromatic N) is 2. The summed E-state index contributed by atoms with van der Waals surface area (Å²) in [4.78, 5) is 14.4. The van der Waals surface area contributed by atoms with Gasteiger partial charge in [-0.2, -0.15) is 0 Å². The molecule has 0 aromatic heterocycles. The molecule has 9 heteroatoms. The molecule has 0 radical (unpaired) electrons. The smallest absolute Gasteiger partial charge is 0.258 e. The molecule has 2 aromatic rings. The Labute approximate surface area is 155 Å². The van der Waals surface area contributed by atoms with E-state index in [1.54, 1.807) is 24.3 Å². The highest BCUT2D eigenvalue weighted by molar-refractivity contribution is 7.92. The van der Waals surface area contributed by atoms with Crippen molar-refractivity contribution >= 4 is 50.5 Å². The number of hydrogen-bond donors (Lipinski definition) is 1. The number of anilines is 2. The zero-order valence-electron chi connectivity index (χ0n) is 13.1. The Morgan fingerprint density at radius 2 is 1.64 bits per heavy atom. The van der Waals surface area contributed by atoms with Crippen molar-refractivity contribution in [2.75, 3.05) is 28.6 Å². The Morgan fingerprint density at radius 1 is 1.08 bits per heavy atom. The van der Waals surface area contributed by atoms with E-state index in [-0.39, 0.29) is 40.4 Å². The van der Waals surface area contributed by atoms with Gasteiger partial charge in [0.05, 0.1) is 34.2 Å². The number of aromatic hydroxyl groups is 1. The van der Waals surface area contributed by atoms with E-state index < -0.39 is 10.0 Å². The first-order chi connectivity index (χ1) is 11.7. The molecule has 0 spiro atoms. The van der Waals surface area contributed by atoms with Gasteiger partial charge in [-0.3, -0.25) is 9.10 Å². The molecule has 1 amide bonds. The highest BCUT2D eigenvalue weighted by Crippen LogP contribution is 2.37. The molecule has 2 aromatic carbocycles. The predicted molar refractivity (Wildman–Crippen MR) is 98.4 cm³/mol. The lowest BCUT2D eigenvalue weighted by Crippen LogP contribution is -2.46. The maximum absolute atomic E-state index is 12.9. The van der Waals surface area contributed by atoms with Gasteiger partial charge < -0.3 is 10.0 Å². The number of fused-ring (bicyclic) bond motifs is 1. The molecule has 0 saturated heterocycles. The number of sulfonamides is 1. The van der Waals surface area contributed by atoms with Crippen LogP contribution in [0.3, 0.4) is 0 Å². The van der Waals surface area contributed by atoms with E-state index in [0.29, 0.717) is 11.4 Å². The van der Waals surface area contributed by atoms with Crippen LogP contribution in [-0.2, 0) is 10.0 Å². The van der Waals surface area contributed by atoms with E-state index in [4.69, 9.17) is 23.2 Å². The fourth-order valence-electron chi connectivity index (χ4n) is 2.74. The van der Waals surface area contributed by atoms with E-state index in [0.717, 1.165) is 6.26 Å². The van der Waals surface area contributed by atoms with Gasteiger partial charge in [-0.15, -0.1) is 0 Å². The summed E-state index contributed by atoms with van der Waals surface area (Å²) in [6.07, 6.45) is 1.13. The Morgan fingerprint density at radius 3 is 2.20 bits per heavy atom. The molecule has 1 heterocycles. The molecule has 3 rings (SSSR count). The maximum atomic E-state index is 12.9. The van der Waals surface area contributed by atoms with Crippen LogP contribution in [-0.4, -0.2) is 38.8 Å². The first-order valence-electron chi connectivity index (χ1n) is 7.27. The molecule has 0 bridgehead atoms. The van der Waals surface area contributed by atoms with Crippen molar-refractivity contribution in [3.05, 3.63) is 52.0 Å². The highest BCUT2D eigenvalue weighted by Gasteiger charge is 2.31. The van der Waals surface area contributed by atoms with Gasteiger partial charge in [0.1, 0.15) is 0 Å². The highest BCUT2D eigenvalue weighted by atomic mass is 35.5. The van der Waals surface area contributed by atoms with Gasteiger partial charge in [-0.05, 0) is 24.3 Å². The number of para-hydroxylation sites is 2. The lowest BCUT2D eigenvalue weighted by molar-refractivity contribution is 0.0987. The fraction of sp³-hybridized carbons (Fsp3) is 0.188. The number of hydrogen-bond acceptors (Lipinski definition) is 4. The zero-order chi connectivity index (χ0) is 18.4. The maximum Gasteiger partial charge on any atom is 0.258 e. The van der Waals surface area contributed by atoms with Gasteiger partial charge >= 0.3 is 0 Å². The zero-order valence-corrected chi connectivity index (χ0v) is 15.4. The first kappa shape index (κ1) is 17.8. The van der Waals surface area contributed by atoms with E-state index >= 15 is 0 Å². The second-order valence-corrected chi connectivity index (χ2v) is 8.29. The summed E-state index contributed by atoms with van der Waals surface area (Å²) in [7, 11) is -3.45. The number of carbonyl (C=O) groups excluding carboxylic acids is 1.